The molecule has 2 unspecified atom stereocenters. The number of benzene rings is 2. The third-order valence-corrected chi connectivity index (χ3v) is 5.26. The van der Waals surface area contributed by atoms with Crippen LogP contribution in [0.15, 0.2) is 70.9 Å². The monoisotopic (exact) mass is 389 g/mol. The molecule has 1 aliphatic rings. The zero-order valence-electron chi connectivity index (χ0n) is 16.6. The van der Waals surface area contributed by atoms with Crippen molar-refractivity contribution in [2.45, 2.75) is 26.7 Å². The van der Waals surface area contributed by atoms with Gasteiger partial charge in [0.25, 0.3) is 0 Å². The van der Waals surface area contributed by atoms with Gasteiger partial charge in [-0.15, -0.1) is 0 Å². The Morgan fingerprint density at radius 2 is 1.59 bits per heavy atom. The number of allylic oxidation sites excluding steroid dienone is 2. The maximum absolute atomic E-state index is 12.1. The van der Waals surface area contributed by atoms with E-state index in [0.717, 1.165) is 16.7 Å². The van der Waals surface area contributed by atoms with Crippen LogP contribution in [-0.4, -0.2) is 27.9 Å². The Kier molecular flexibility index (Phi) is 5.78. The van der Waals surface area contributed by atoms with Crippen molar-refractivity contribution in [2.75, 3.05) is 0 Å². The highest BCUT2D eigenvalue weighted by atomic mass is 16.4. The molecule has 5 heteroatoms. The molecule has 2 aromatic carbocycles. The Bertz CT molecular complexity index is 1050. The van der Waals surface area contributed by atoms with E-state index in [1.54, 1.807) is 26.0 Å². The molecular weight excluding hydrogens is 366 g/mol. The number of carbonyl (C=O) groups is 2. The van der Waals surface area contributed by atoms with Gasteiger partial charge < -0.3 is 10.2 Å². The SMILES string of the molecule is CC(=Cc1ccccc1C1C(C(=O)O)=C(C)N=C(C)C1C(=O)O)c1ccccc1. The van der Waals surface area contributed by atoms with Gasteiger partial charge in [-0.2, -0.15) is 0 Å². The van der Waals surface area contributed by atoms with Gasteiger partial charge in [0.1, 0.15) is 5.92 Å². The smallest absolute Gasteiger partial charge is 0.334 e. The van der Waals surface area contributed by atoms with Gasteiger partial charge in [-0.05, 0) is 43.0 Å². The molecule has 1 heterocycles. The highest BCUT2D eigenvalue weighted by Crippen LogP contribution is 2.41. The first kappa shape index (κ1) is 20.3. The summed E-state index contributed by atoms with van der Waals surface area (Å²) in [6.07, 6.45) is 1.97. The van der Waals surface area contributed by atoms with E-state index in [9.17, 15) is 19.8 Å². The van der Waals surface area contributed by atoms with Crippen molar-refractivity contribution in [2.24, 2.45) is 10.9 Å². The molecule has 0 aliphatic carbocycles. The minimum atomic E-state index is -1.14. The van der Waals surface area contributed by atoms with E-state index in [2.05, 4.69) is 4.99 Å². The molecule has 1 aliphatic heterocycles. The first-order valence-corrected chi connectivity index (χ1v) is 9.36. The van der Waals surface area contributed by atoms with E-state index < -0.39 is 23.8 Å². The van der Waals surface area contributed by atoms with Crippen LogP contribution in [0.25, 0.3) is 11.6 Å². The second-order valence-corrected chi connectivity index (χ2v) is 7.17. The van der Waals surface area contributed by atoms with Crippen LogP contribution >= 0.6 is 0 Å². The van der Waals surface area contributed by atoms with Crippen LogP contribution in [0.1, 0.15) is 43.4 Å². The van der Waals surface area contributed by atoms with Gasteiger partial charge in [0.2, 0.25) is 0 Å². The molecule has 148 valence electrons. The number of nitrogens with zero attached hydrogens (tertiary/aromatic N) is 1. The van der Waals surface area contributed by atoms with Gasteiger partial charge in [0.05, 0.1) is 5.57 Å². The fourth-order valence-corrected chi connectivity index (χ4v) is 3.91. The molecule has 0 amide bonds. The molecule has 2 atom stereocenters. The predicted molar refractivity (Wildman–Crippen MR) is 114 cm³/mol. The summed E-state index contributed by atoms with van der Waals surface area (Å²) in [5, 5.41) is 19.7. The Morgan fingerprint density at radius 1 is 0.966 bits per heavy atom. The minimum Gasteiger partial charge on any atom is -0.481 e. The topological polar surface area (TPSA) is 87.0 Å². The third-order valence-electron chi connectivity index (χ3n) is 5.26. The lowest BCUT2D eigenvalue weighted by Crippen LogP contribution is -2.35. The van der Waals surface area contributed by atoms with Gasteiger partial charge in [-0.3, -0.25) is 9.79 Å². The van der Waals surface area contributed by atoms with E-state index in [0.29, 0.717) is 17.0 Å². The highest BCUT2D eigenvalue weighted by Gasteiger charge is 2.41. The van der Waals surface area contributed by atoms with E-state index >= 15 is 0 Å². The molecule has 0 saturated carbocycles. The van der Waals surface area contributed by atoms with Crippen molar-refractivity contribution >= 4 is 29.3 Å². The lowest BCUT2D eigenvalue weighted by molar-refractivity contribution is -0.140. The van der Waals surface area contributed by atoms with Crippen molar-refractivity contribution < 1.29 is 19.8 Å². The lowest BCUT2D eigenvalue weighted by Gasteiger charge is -2.30. The second-order valence-electron chi connectivity index (χ2n) is 7.17. The van der Waals surface area contributed by atoms with Crippen LogP contribution in [0, 0.1) is 5.92 Å². The summed E-state index contributed by atoms with van der Waals surface area (Å²) in [5.41, 5.74) is 4.29. The molecule has 0 saturated heterocycles. The van der Waals surface area contributed by atoms with E-state index in [-0.39, 0.29) is 5.57 Å². The molecule has 2 aromatic rings. The van der Waals surface area contributed by atoms with Gasteiger partial charge in [-0.25, -0.2) is 4.79 Å². The Hall–Kier alpha value is -3.47. The summed E-state index contributed by atoms with van der Waals surface area (Å²) in [6.45, 7) is 5.24. The van der Waals surface area contributed by atoms with Gasteiger partial charge in [0.15, 0.2) is 0 Å². The van der Waals surface area contributed by atoms with Crippen LogP contribution in [0.4, 0.5) is 0 Å². The standard InChI is InChI=1S/C24H23NO4/c1-14(17-9-5-4-6-10-17)13-18-11-7-8-12-19(18)22-20(23(26)27)15(2)25-16(3)21(22)24(28)29/h4-13,20,22H,1-3H3,(H,26,27)(H,28,29). The molecule has 2 N–H and O–H groups in total. The summed E-state index contributed by atoms with van der Waals surface area (Å²) in [6, 6.07) is 17.2. The van der Waals surface area contributed by atoms with Crippen molar-refractivity contribution in [3.63, 3.8) is 0 Å². The highest BCUT2D eigenvalue weighted by molar-refractivity contribution is 6.06. The summed E-state index contributed by atoms with van der Waals surface area (Å²) in [4.78, 5) is 28.3. The van der Waals surface area contributed by atoms with Crippen LogP contribution in [0.2, 0.25) is 0 Å². The summed E-state index contributed by atoms with van der Waals surface area (Å²) >= 11 is 0. The van der Waals surface area contributed by atoms with Crippen LogP contribution in [0.5, 0.6) is 0 Å². The molecular formula is C24H23NO4. The van der Waals surface area contributed by atoms with Gasteiger partial charge in [0, 0.05) is 17.3 Å². The Labute approximate surface area is 169 Å². The second kappa shape index (κ2) is 8.27. The third kappa shape index (κ3) is 4.04. The summed E-state index contributed by atoms with van der Waals surface area (Å²) < 4.78 is 0. The predicted octanol–water partition coefficient (Wildman–Crippen LogP) is 4.86. The largest absolute Gasteiger partial charge is 0.481 e. The fraction of sp³-hybridized carbons (Fsp3) is 0.208. The maximum atomic E-state index is 12.1. The van der Waals surface area contributed by atoms with Crippen molar-refractivity contribution in [3.05, 3.63) is 82.6 Å². The Morgan fingerprint density at radius 3 is 2.21 bits per heavy atom. The minimum absolute atomic E-state index is 0.0289. The maximum Gasteiger partial charge on any atom is 0.334 e. The van der Waals surface area contributed by atoms with Crippen LogP contribution in [-0.2, 0) is 9.59 Å². The average Bonchev–Trinajstić information content (AvgIpc) is 2.67. The summed E-state index contributed by atoms with van der Waals surface area (Å²) in [7, 11) is 0. The fourth-order valence-electron chi connectivity index (χ4n) is 3.91. The van der Waals surface area contributed by atoms with E-state index in [1.807, 2.05) is 55.5 Å². The van der Waals surface area contributed by atoms with Gasteiger partial charge >= 0.3 is 11.9 Å². The molecule has 0 radical (unpaired) electrons. The Balaban J connectivity index is 2.20. The van der Waals surface area contributed by atoms with E-state index in [4.69, 9.17) is 0 Å². The molecule has 0 aromatic heterocycles. The number of hydrogen-bond donors (Lipinski definition) is 2. The number of carboxylic acids is 2. The quantitative estimate of drug-likeness (QED) is 0.715. The number of aliphatic imine (C=N–C) groups is 1. The number of hydrogen-bond acceptors (Lipinski definition) is 3. The summed E-state index contributed by atoms with van der Waals surface area (Å²) in [5.74, 6) is -4.08. The van der Waals surface area contributed by atoms with Crippen LogP contribution in [0.3, 0.4) is 0 Å². The normalized spacial score (nSPS) is 19.7. The lowest BCUT2D eigenvalue weighted by atomic mass is 9.74. The number of aliphatic carboxylic acids is 2. The molecule has 0 bridgehead atoms. The van der Waals surface area contributed by atoms with Crippen molar-refractivity contribution in [1.82, 2.24) is 0 Å². The molecule has 3 rings (SSSR count). The van der Waals surface area contributed by atoms with Gasteiger partial charge in [-0.1, -0.05) is 60.7 Å². The van der Waals surface area contributed by atoms with Crippen LogP contribution < -0.4 is 0 Å². The molecule has 29 heavy (non-hydrogen) atoms. The zero-order valence-corrected chi connectivity index (χ0v) is 16.6. The number of rotatable bonds is 5. The van der Waals surface area contributed by atoms with Crippen molar-refractivity contribution in [1.29, 1.82) is 0 Å². The van der Waals surface area contributed by atoms with Crippen molar-refractivity contribution in [3.8, 4) is 0 Å². The average molecular weight is 389 g/mol. The molecule has 0 fully saturated rings. The molecule has 0 spiro atoms. The first-order chi connectivity index (χ1) is 13.8. The number of carboxylic acid groups (broad SMARTS) is 2. The van der Waals surface area contributed by atoms with E-state index in [1.165, 1.54) is 0 Å². The first-order valence-electron chi connectivity index (χ1n) is 9.36. The molecule has 5 nitrogen and oxygen atoms in total. The zero-order chi connectivity index (χ0) is 21.1.